The van der Waals surface area contributed by atoms with Crippen molar-refractivity contribution in [2.75, 3.05) is 26.2 Å². The predicted octanol–water partition coefficient (Wildman–Crippen LogP) is 2.32. The molecule has 1 saturated heterocycles. The summed E-state index contributed by atoms with van der Waals surface area (Å²) in [5.41, 5.74) is 0.772. The van der Waals surface area contributed by atoms with Gasteiger partial charge in [-0.25, -0.2) is 4.39 Å². The van der Waals surface area contributed by atoms with E-state index >= 15 is 0 Å². The molecular weight excluding hydrogens is 377 g/mol. The molecule has 0 aliphatic carbocycles. The van der Waals surface area contributed by atoms with Gasteiger partial charge >= 0.3 is 5.69 Å². The lowest BCUT2D eigenvalue weighted by molar-refractivity contribution is -0.385. The summed E-state index contributed by atoms with van der Waals surface area (Å²) >= 11 is 6.07. The first-order valence-corrected chi connectivity index (χ1v) is 8.91. The highest BCUT2D eigenvalue weighted by Gasteiger charge is 2.21. The molecule has 0 unspecified atom stereocenters. The van der Waals surface area contributed by atoms with Gasteiger partial charge in [-0.2, -0.15) is 5.10 Å². The molecular formula is C17H19ClFN5O3. The predicted molar refractivity (Wildman–Crippen MR) is 96.8 cm³/mol. The molecule has 1 aromatic carbocycles. The maximum absolute atomic E-state index is 13.1. The van der Waals surface area contributed by atoms with Crippen molar-refractivity contribution in [2.45, 2.75) is 19.5 Å². The van der Waals surface area contributed by atoms with Crippen LogP contribution in [0.4, 0.5) is 10.1 Å². The molecule has 27 heavy (non-hydrogen) atoms. The van der Waals surface area contributed by atoms with Crippen LogP contribution in [0, 0.1) is 15.9 Å². The molecule has 1 aromatic heterocycles. The molecule has 2 aromatic rings. The van der Waals surface area contributed by atoms with E-state index in [9.17, 15) is 19.3 Å². The third kappa shape index (κ3) is 5.01. The smallest absolute Gasteiger partial charge is 0.306 e. The van der Waals surface area contributed by atoms with E-state index in [1.165, 1.54) is 29.2 Å². The van der Waals surface area contributed by atoms with Gasteiger partial charge in [0, 0.05) is 50.7 Å². The SMILES string of the molecule is O=C(CCn1cc([N+](=O)[O-])cn1)N1CCN(Cc2ccc(F)cc2Cl)CC1. The molecule has 1 amide bonds. The number of nitro groups is 1. The van der Waals surface area contributed by atoms with Gasteiger partial charge in [-0.15, -0.1) is 0 Å². The number of halogens is 2. The first kappa shape index (κ1) is 19.2. The summed E-state index contributed by atoms with van der Waals surface area (Å²) in [6.07, 6.45) is 2.73. The van der Waals surface area contributed by atoms with E-state index in [-0.39, 0.29) is 23.8 Å². The number of hydrogen-bond donors (Lipinski definition) is 0. The molecule has 0 bridgehead atoms. The van der Waals surface area contributed by atoms with Gasteiger partial charge in [-0.1, -0.05) is 17.7 Å². The van der Waals surface area contributed by atoms with Crippen molar-refractivity contribution in [3.05, 3.63) is 57.1 Å². The Bertz CT molecular complexity index is 836. The highest BCUT2D eigenvalue weighted by molar-refractivity contribution is 6.31. The molecule has 144 valence electrons. The fraction of sp³-hybridized carbons (Fsp3) is 0.412. The largest absolute Gasteiger partial charge is 0.340 e. The highest BCUT2D eigenvalue weighted by Crippen LogP contribution is 2.20. The van der Waals surface area contributed by atoms with Crippen molar-refractivity contribution in [1.29, 1.82) is 0 Å². The van der Waals surface area contributed by atoms with Crippen molar-refractivity contribution in [1.82, 2.24) is 19.6 Å². The van der Waals surface area contributed by atoms with Crippen molar-refractivity contribution in [3.8, 4) is 0 Å². The Morgan fingerprint density at radius 2 is 2.04 bits per heavy atom. The molecule has 1 aliphatic heterocycles. The topological polar surface area (TPSA) is 84.5 Å². The summed E-state index contributed by atoms with van der Waals surface area (Å²) in [6.45, 7) is 3.50. The lowest BCUT2D eigenvalue weighted by atomic mass is 10.2. The van der Waals surface area contributed by atoms with E-state index in [4.69, 9.17) is 11.6 Å². The van der Waals surface area contributed by atoms with Crippen molar-refractivity contribution >= 4 is 23.2 Å². The van der Waals surface area contributed by atoms with Crippen LogP contribution in [-0.4, -0.2) is 56.6 Å². The van der Waals surface area contributed by atoms with Gasteiger partial charge in [-0.3, -0.25) is 24.5 Å². The average molecular weight is 396 g/mol. The van der Waals surface area contributed by atoms with E-state index in [0.29, 0.717) is 44.3 Å². The summed E-state index contributed by atoms with van der Waals surface area (Å²) in [5, 5.41) is 14.9. The Morgan fingerprint density at radius 3 is 2.67 bits per heavy atom. The molecule has 2 heterocycles. The molecule has 0 saturated carbocycles. The Kier molecular flexibility index (Phi) is 6.02. The van der Waals surface area contributed by atoms with Crippen LogP contribution in [0.2, 0.25) is 5.02 Å². The maximum Gasteiger partial charge on any atom is 0.306 e. The zero-order chi connectivity index (χ0) is 19.4. The number of rotatable bonds is 6. The third-order valence-electron chi connectivity index (χ3n) is 4.52. The summed E-state index contributed by atoms with van der Waals surface area (Å²) in [4.78, 5) is 26.4. The van der Waals surface area contributed by atoms with Crippen LogP contribution in [0.1, 0.15) is 12.0 Å². The summed E-state index contributed by atoms with van der Waals surface area (Å²) in [7, 11) is 0. The van der Waals surface area contributed by atoms with Crippen molar-refractivity contribution < 1.29 is 14.1 Å². The number of benzene rings is 1. The second-order valence-electron chi connectivity index (χ2n) is 6.36. The average Bonchev–Trinajstić information content (AvgIpc) is 3.12. The Labute approximate surface area is 160 Å². The lowest BCUT2D eigenvalue weighted by Crippen LogP contribution is -2.48. The van der Waals surface area contributed by atoms with E-state index in [1.54, 1.807) is 11.0 Å². The summed E-state index contributed by atoms with van der Waals surface area (Å²) < 4.78 is 14.5. The normalized spacial score (nSPS) is 15.1. The van der Waals surface area contributed by atoms with Crippen LogP contribution in [0.5, 0.6) is 0 Å². The first-order valence-electron chi connectivity index (χ1n) is 8.53. The zero-order valence-electron chi connectivity index (χ0n) is 14.6. The van der Waals surface area contributed by atoms with E-state index in [2.05, 4.69) is 10.00 Å². The Balaban J connectivity index is 1.45. The zero-order valence-corrected chi connectivity index (χ0v) is 15.3. The molecule has 1 fully saturated rings. The summed E-state index contributed by atoms with van der Waals surface area (Å²) in [5.74, 6) is -0.366. The molecule has 8 nitrogen and oxygen atoms in total. The van der Waals surface area contributed by atoms with E-state index < -0.39 is 4.92 Å². The van der Waals surface area contributed by atoms with E-state index in [1.807, 2.05) is 0 Å². The number of carbonyl (C=O) groups excluding carboxylic acids is 1. The Hall–Kier alpha value is -2.52. The number of piperazine rings is 1. The van der Waals surface area contributed by atoms with Crippen LogP contribution in [-0.2, 0) is 17.9 Å². The minimum absolute atomic E-state index is 0.00684. The van der Waals surface area contributed by atoms with Gasteiger partial charge in [0.2, 0.25) is 5.91 Å². The lowest BCUT2D eigenvalue weighted by Gasteiger charge is -2.35. The van der Waals surface area contributed by atoms with Gasteiger partial charge in [0.1, 0.15) is 18.2 Å². The molecule has 3 rings (SSSR count). The van der Waals surface area contributed by atoms with E-state index in [0.717, 1.165) is 5.56 Å². The standard InChI is InChI=1S/C17H19ClFN5O3/c18-16-9-14(19)2-1-13(16)11-21-5-7-22(8-6-21)17(25)3-4-23-12-15(10-20-23)24(26)27/h1-2,9-10,12H,3-8,11H2. The number of hydrogen-bond acceptors (Lipinski definition) is 5. The minimum atomic E-state index is -0.516. The van der Waals surface area contributed by atoms with Gasteiger partial charge in [0.15, 0.2) is 0 Å². The third-order valence-corrected chi connectivity index (χ3v) is 4.87. The van der Waals surface area contributed by atoms with Crippen LogP contribution >= 0.6 is 11.6 Å². The molecule has 1 aliphatic rings. The second-order valence-corrected chi connectivity index (χ2v) is 6.77. The highest BCUT2D eigenvalue weighted by atomic mass is 35.5. The number of nitrogens with zero attached hydrogens (tertiary/aromatic N) is 5. The van der Waals surface area contributed by atoms with Gasteiger partial charge in [-0.05, 0) is 17.7 Å². The molecule has 0 spiro atoms. The quantitative estimate of drug-likeness (QED) is 0.553. The first-order chi connectivity index (χ1) is 12.9. The molecule has 0 atom stereocenters. The van der Waals surface area contributed by atoms with Crippen LogP contribution in [0.15, 0.2) is 30.6 Å². The van der Waals surface area contributed by atoms with Crippen molar-refractivity contribution in [3.63, 3.8) is 0 Å². The molecule has 0 N–H and O–H groups in total. The monoisotopic (exact) mass is 395 g/mol. The van der Waals surface area contributed by atoms with Crippen LogP contribution in [0.25, 0.3) is 0 Å². The summed E-state index contributed by atoms with van der Waals surface area (Å²) in [6, 6.07) is 4.37. The van der Waals surface area contributed by atoms with Gasteiger partial charge in [0.05, 0.1) is 4.92 Å². The fourth-order valence-electron chi connectivity index (χ4n) is 2.98. The number of aromatic nitrogens is 2. The van der Waals surface area contributed by atoms with Gasteiger partial charge in [0.25, 0.3) is 0 Å². The molecule has 0 radical (unpaired) electrons. The molecule has 10 heteroatoms. The second kappa shape index (κ2) is 8.45. The van der Waals surface area contributed by atoms with Crippen molar-refractivity contribution in [2.24, 2.45) is 0 Å². The Morgan fingerprint density at radius 1 is 1.30 bits per heavy atom. The fourth-order valence-corrected chi connectivity index (χ4v) is 3.21. The number of aryl methyl sites for hydroxylation is 1. The number of carbonyl (C=O) groups is 1. The maximum atomic E-state index is 13.1. The van der Waals surface area contributed by atoms with Crippen LogP contribution in [0.3, 0.4) is 0 Å². The number of amides is 1. The van der Waals surface area contributed by atoms with Gasteiger partial charge < -0.3 is 4.90 Å². The van der Waals surface area contributed by atoms with Crippen LogP contribution < -0.4 is 0 Å². The minimum Gasteiger partial charge on any atom is -0.340 e.